The number of aryl methyl sites for hydroxylation is 1. The van der Waals surface area contributed by atoms with Gasteiger partial charge in [0.15, 0.2) is 16.9 Å². The molecule has 4 aromatic rings. The van der Waals surface area contributed by atoms with E-state index in [4.69, 9.17) is 25.5 Å². The maximum Gasteiger partial charge on any atom is 0.296 e. The smallest absolute Gasteiger partial charge is 0.296 e. The van der Waals surface area contributed by atoms with Gasteiger partial charge in [0, 0.05) is 11.2 Å². The molecule has 1 amide bonds. The number of hydrogen-bond donors (Lipinski definition) is 0. The van der Waals surface area contributed by atoms with Crippen LogP contribution in [0.2, 0.25) is 5.02 Å². The number of pyridine rings is 1. The zero-order valence-electron chi connectivity index (χ0n) is 20.2. The third kappa shape index (κ3) is 4.09. The molecule has 8 heteroatoms. The Kier molecular flexibility index (Phi) is 6.41. The molecule has 184 valence electrons. The van der Waals surface area contributed by atoms with Crippen molar-refractivity contribution in [2.45, 2.75) is 32.7 Å². The minimum absolute atomic E-state index is 0.00892. The highest BCUT2D eigenvalue weighted by Gasteiger charge is 2.44. The van der Waals surface area contributed by atoms with Crippen molar-refractivity contribution < 1.29 is 18.7 Å². The van der Waals surface area contributed by atoms with Crippen LogP contribution in [0.3, 0.4) is 0 Å². The summed E-state index contributed by atoms with van der Waals surface area (Å²) < 4.78 is 17.5. The normalized spacial score (nSPS) is 14.8. The first-order chi connectivity index (χ1) is 17.4. The summed E-state index contributed by atoms with van der Waals surface area (Å²) in [5, 5.41) is 0.715. The highest BCUT2D eigenvalue weighted by Crippen LogP contribution is 2.43. The Morgan fingerprint density at radius 2 is 1.92 bits per heavy atom. The molecule has 0 saturated heterocycles. The van der Waals surface area contributed by atoms with E-state index >= 15 is 0 Å². The van der Waals surface area contributed by atoms with Crippen LogP contribution in [-0.4, -0.2) is 24.6 Å². The minimum Gasteiger partial charge on any atom is -0.493 e. The number of anilines is 1. The number of aromatic nitrogens is 1. The second kappa shape index (κ2) is 9.66. The van der Waals surface area contributed by atoms with Gasteiger partial charge in [0.25, 0.3) is 5.91 Å². The molecule has 1 aliphatic heterocycles. The van der Waals surface area contributed by atoms with E-state index in [0.29, 0.717) is 45.5 Å². The van der Waals surface area contributed by atoms with Crippen molar-refractivity contribution >= 4 is 34.3 Å². The van der Waals surface area contributed by atoms with Gasteiger partial charge < -0.3 is 13.9 Å². The standard InChI is InChI=1S/C28H25ClN2O5/c1-4-5-12-35-21-8-6-17(14-22(21)34-3)25-24-26(32)19-15-18(29)7-9-20(19)36-27(24)28(33)31(25)23-13-16(2)10-11-30-23/h6-11,13-15,25H,4-5,12H2,1-3H3. The van der Waals surface area contributed by atoms with Crippen molar-refractivity contribution in [3.63, 3.8) is 0 Å². The number of unbranched alkanes of at least 4 members (excludes halogenated alkanes) is 1. The fourth-order valence-corrected chi connectivity index (χ4v) is 4.62. The summed E-state index contributed by atoms with van der Waals surface area (Å²) in [7, 11) is 1.56. The Bertz CT molecular complexity index is 1530. The van der Waals surface area contributed by atoms with Crippen LogP contribution in [0.15, 0.2) is 63.9 Å². The lowest BCUT2D eigenvalue weighted by atomic mass is 9.98. The van der Waals surface area contributed by atoms with Gasteiger partial charge in [-0.05, 0) is 66.9 Å². The summed E-state index contributed by atoms with van der Waals surface area (Å²) in [5.74, 6) is 1.07. The average Bonchev–Trinajstić information content (AvgIpc) is 3.17. The van der Waals surface area contributed by atoms with Crippen LogP contribution in [0, 0.1) is 6.92 Å². The van der Waals surface area contributed by atoms with Gasteiger partial charge in [-0.3, -0.25) is 14.5 Å². The van der Waals surface area contributed by atoms with Crippen molar-refractivity contribution in [2.75, 3.05) is 18.6 Å². The van der Waals surface area contributed by atoms with E-state index in [9.17, 15) is 9.59 Å². The molecule has 1 atom stereocenters. The van der Waals surface area contributed by atoms with Gasteiger partial charge in [0.05, 0.1) is 30.7 Å². The number of methoxy groups -OCH3 is 1. The third-order valence-electron chi connectivity index (χ3n) is 6.24. The van der Waals surface area contributed by atoms with Crippen molar-refractivity contribution in [1.82, 2.24) is 4.98 Å². The molecule has 1 unspecified atom stereocenters. The van der Waals surface area contributed by atoms with Gasteiger partial charge in [-0.25, -0.2) is 4.98 Å². The first-order valence-electron chi connectivity index (χ1n) is 11.8. The number of halogens is 1. The Morgan fingerprint density at radius 3 is 2.67 bits per heavy atom. The number of ether oxygens (including phenoxy) is 2. The first-order valence-corrected chi connectivity index (χ1v) is 12.1. The average molecular weight is 505 g/mol. The first kappa shape index (κ1) is 23.9. The van der Waals surface area contributed by atoms with Crippen molar-refractivity contribution in [3.8, 4) is 11.5 Å². The van der Waals surface area contributed by atoms with Crippen LogP contribution in [0.4, 0.5) is 5.82 Å². The van der Waals surface area contributed by atoms with E-state index in [1.807, 2.05) is 19.1 Å². The lowest BCUT2D eigenvalue weighted by Gasteiger charge is -2.25. The van der Waals surface area contributed by atoms with Crippen LogP contribution in [-0.2, 0) is 0 Å². The molecule has 3 heterocycles. The van der Waals surface area contributed by atoms with Crippen LogP contribution in [0.1, 0.15) is 53.1 Å². The Balaban J connectivity index is 1.72. The van der Waals surface area contributed by atoms with E-state index < -0.39 is 11.9 Å². The minimum atomic E-state index is -0.778. The number of fused-ring (bicyclic) bond motifs is 2. The number of hydrogen-bond acceptors (Lipinski definition) is 6. The highest BCUT2D eigenvalue weighted by atomic mass is 35.5. The predicted molar refractivity (Wildman–Crippen MR) is 139 cm³/mol. The fourth-order valence-electron chi connectivity index (χ4n) is 4.45. The molecule has 2 aromatic carbocycles. The van der Waals surface area contributed by atoms with Crippen molar-refractivity contribution in [1.29, 1.82) is 0 Å². The number of nitrogens with zero attached hydrogens (tertiary/aromatic N) is 2. The second-order valence-electron chi connectivity index (χ2n) is 8.70. The van der Waals surface area contributed by atoms with Crippen LogP contribution in [0.25, 0.3) is 11.0 Å². The maximum absolute atomic E-state index is 13.8. The quantitative estimate of drug-likeness (QED) is 0.283. The molecule has 0 bridgehead atoms. The molecule has 0 fully saturated rings. The maximum atomic E-state index is 13.8. The molecule has 0 radical (unpaired) electrons. The summed E-state index contributed by atoms with van der Waals surface area (Å²) >= 11 is 6.18. The van der Waals surface area contributed by atoms with Gasteiger partial charge in [-0.1, -0.05) is 31.0 Å². The fraction of sp³-hybridized carbons (Fsp3) is 0.250. The van der Waals surface area contributed by atoms with E-state index in [1.54, 1.807) is 49.7 Å². The Labute approximate surface area is 213 Å². The largest absolute Gasteiger partial charge is 0.493 e. The third-order valence-corrected chi connectivity index (χ3v) is 6.47. The molecule has 36 heavy (non-hydrogen) atoms. The SMILES string of the molecule is CCCCOc1ccc(C2c3c(oc4ccc(Cl)cc4c3=O)C(=O)N2c2cc(C)ccn2)cc1OC. The summed E-state index contributed by atoms with van der Waals surface area (Å²) in [5.41, 5.74) is 1.81. The van der Waals surface area contributed by atoms with Gasteiger partial charge in [-0.2, -0.15) is 0 Å². The molecule has 5 rings (SSSR count). The van der Waals surface area contributed by atoms with Crippen molar-refractivity contribution in [2.24, 2.45) is 0 Å². The van der Waals surface area contributed by atoms with Crippen molar-refractivity contribution in [3.05, 3.63) is 92.4 Å². The number of carbonyl (C=O) groups is 1. The zero-order chi connectivity index (χ0) is 25.4. The van der Waals surface area contributed by atoms with E-state index in [-0.39, 0.29) is 16.8 Å². The summed E-state index contributed by atoms with van der Waals surface area (Å²) in [6.07, 6.45) is 3.56. The van der Waals surface area contributed by atoms with Crippen LogP contribution >= 0.6 is 11.6 Å². The van der Waals surface area contributed by atoms with Crippen LogP contribution in [0.5, 0.6) is 11.5 Å². The number of amides is 1. The molecular weight excluding hydrogens is 480 g/mol. The molecule has 7 nitrogen and oxygen atoms in total. The molecule has 2 aromatic heterocycles. The number of rotatable bonds is 7. The summed E-state index contributed by atoms with van der Waals surface area (Å²) in [6, 6.07) is 13.1. The second-order valence-corrected chi connectivity index (χ2v) is 9.13. The predicted octanol–water partition coefficient (Wildman–Crippen LogP) is 6.09. The molecule has 0 aliphatic carbocycles. The zero-order valence-corrected chi connectivity index (χ0v) is 21.0. The molecule has 0 N–H and O–H groups in total. The lowest BCUT2D eigenvalue weighted by Crippen LogP contribution is -2.30. The Hall–Kier alpha value is -3.84. The number of carbonyl (C=O) groups excluding carboxylic acids is 1. The molecular formula is C28H25ClN2O5. The monoisotopic (exact) mass is 504 g/mol. The summed E-state index contributed by atoms with van der Waals surface area (Å²) in [4.78, 5) is 33.4. The molecule has 0 saturated carbocycles. The van der Waals surface area contributed by atoms with E-state index in [2.05, 4.69) is 11.9 Å². The Morgan fingerprint density at radius 1 is 1.08 bits per heavy atom. The van der Waals surface area contributed by atoms with Gasteiger partial charge in [0.1, 0.15) is 11.4 Å². The lowest BCUT2D eigenvalue weighted by molar-refractivity contribution is 0.0970. The topological polar surface area (TPSA) is 81.9 Å². The van der Waals surface area contributed by atoms with E-state index in [1.165, 1.54) is 4.90 Å². The van der Waals surface area contributed by atoms with Gasteiger partial charge in [-0.15, -0.1) is 0 Å². The van der Waals surface area contributed by atoms with Gasteiger partial charge >= 0.3 is 0 Å². The van der Waals surface area contributed by atoms with E-state index in [0.717, 1.165) is 18.4 Å². The molecule has 1 aliphatic rings. The summed E-state index contributed by atoms with van der Waals surface area (Å²) in [6.45, 7) is 4.57. The van der Waals surface area contributed by atoms with Gasteiger partial charge in [0.2, 0.25) is 5.76 Å². The van der Waals surface area contributed by atoms with Crippen LogP contribution < -0.4 is 19.8 Å². The number of benzene rings is 2. The highest BCUT2D eigenvalue weighted by molar-refractivity contribution is 6.31. The molecule has 0 spiro atoms.